The summed E-state index contributed by atoms with van der Waals surface area (Å²) in [4.78, 5) is 1.20. The van der Waals surface area contributed by atoms with E-state index in [1.54, 1.807) is 11.8 Å². The Bertz CT molecular complexity index is 893. The van der Waals surface area contributed by atoms with Gasteiger partial charge in [-0.15, -0.1) is 11.8 Å². The Morgan fingerprint density at radius 2 is 1.37 bits per heavy atom. The quantitative estimate of drug-likeness (QED) is 0.322. The predicted octanol–water partition coefficient (Wildman–Crippen LogP) is 9.28. The first-order valence-electron chi connectivity index (χ1n) is 13.4. The maximum atomic E-state index is 10.3. The molecule has 0 saturated carbocycles. The normalized spacial score (nSPS) is 15.4. The first kappa shape index (κ1) is 31.0. The Morgan fingerprint density at radius 3 is 1.94 bits per heavy atom. The number of aryl methyl sites for hydroxylation is 1. The van der Waals surface area contributed by atoms with Gasteiger partial charge in [-0.05, 0) is 42.6 Å². The highest BCUT2D eigenvalue weighted by atomic mass is 32.2. The Morgan fingerprint density at radius 1 is 0.771 bits per heavy atom. The lowest BCUT2D eigenvalue weighted by molar-refractivity contribution is 0.177. The van der Waals surface area contributed by atoms with Crippen LogP contribution in [-0.2, 0) is 6.54 Å². The SMILES string of the molecule is CC.CCCC.CCCCNCc1ccc(C)cc1.OC1c2ccccc2SC1c1ccccc1. The molecule has 1 heterocycles. The molecule has 35 heavy (non-hydrogen) atoms. The highest BCUT2D eigenvalue weighted by Gasteiger charge is 2.32. The number of benzene rings is 3. The summed E-state index contributed by atoms with van der Waals surface area (Å²) in [5.41, 5.74) is 4.96. The molecule has 192 valence electrons. The molecule has 2 N–H and O–H groups in total. The molecule has 0 spiro atoms. The minimum Gasteiger partial charge on any atom is -0.387 e. The van der Waals surface area contributed by atoms with Crippen molar-refractivity contribution < 1.29 is 5.11 Å². The number of aliphatic hydroxyl groups excluding tert-OH is 1. The van der Waals surface area contributed by atoms with Crippen molar-refractivity contribution in [2.24, 2.45) is 0 Å². The molecule has 0 amide bonds. The average molecular weight is 494 g/mol. The molecule has 1 aliphatic rings. The highest BCUT2D eigenvalue weighted by molar-refractivity contribution is 8.00. The first-order valence-corrected chi connectivity index (χ1v) is 14.2. The van der Waals surface area contributed by atoms with Gasteiger partial charge in [0.05, 0.1) is 11.4 Å². The Hall–Kier alpha value is -2.07. The van der Waals surface area contributed by atoms with E-state index in [4.69, 9.17) is 0 Å². The Labute approximate surface area is 219 Å². The fraction of sp³-hybridized carbons (Fsp3) is 0.438. The maximum absolute atomic E-state index is 10.3. The molecule has 3 heteroatoms. The topological polar surface area (TPSA) is 32.3 Å². The van der Waals surface area contributed by atoms with E-state index in [1.807, 2.05) is 50.2 Å². The van der Waals surface area contributed by atoms with Gasteiger partial charge in [0.25, 0.3) is 0 Å². The molecule has 3 aromatic carbocycles. The molecule has 3 aromatic rings. The third-order valence-electron chi connectivity index (χ3n) is 5.56. The average Bonchev–Trinajstić information content (AvgIpc) is 3.26. The van der Waals surface area contributed by atoms with Crippen LogP contribution < -0.4 is 5.32 Å². The molecular formula is C32H47NOS. The van der Waals surface area contributed by atoms with Crippen LogP contribution in [0.15, 0.2) is 83.8 Å². The minimum absolute atomic E-state index is 0.138. The lowest BCUT2D eigenvalue weighted by Gasteiger charge is -2.14. The van der Waals surface area contributed by atoms with Crippen molar-refractivity contribution >= 4 is 11.8 Å². The third kappa shape index (κ3) is 11.5. The van der Waals surface area contributed by atoms with Crippen molar-refractivity contribution in [1.29, 1.82) is 0 Å². The smallest absolute Gasteiger partial charge is 0.0963 e. The van der Waals surface area contributed by atoms with Crippen LogP contribution in [0.3, 0.4) is 0 Å². The lowest BCUT2D eigenvalue weighted by atomic mass is 10.0. The number of hydrogen-bond donors (Lipinski definition) is 2. The van der Waals surface area contributed by atoms with E-state index >= 15 is 0 Å². The minimum atomic E-state index is -0.386. The molecule has 4 rings (SSSR count). The molecule has 1 aliphatic heterocycles. The van der Waals surface area contributed by atoms with Gasteiger partial charge in [-0.1, -0.05) is 132 Å². The lowest BCUT2D eigenvalue weighted by Crippen LogP contribution is -2.14. The van der Waals surface area contributed by atoms with Crippen LogP contribution in [0.4, 0.5) is 0 Å². The second kappa shape index (κ2) is 19.2. The van der Waals surface area contributed by atoms with E-state index in [0.29, 0.717) is 0 Å². The van der Waals surface area contributed by atoms with Crippen molar-refractivity contribution in [2.75, 3.05) is 6.54 Å². The van der Waals surface area contributed by atoms with Crippen molar-refractivity contribution in [3.63, 3.8) is 0 Å². The molecule has 0 bridgehead atoms. The van der Waals surface area contributed by atoms with Gasteiger partial charge < -0.3 is 10.4 Å². The Balaban J connectivity index is 0.000000291. The van der Waals surface area contributed by atoms with E-state index in [-0.39, 0.29) is 11.4 Å². The van der Waals surface area contributed by atoms with E-state index in [0.717, 1.165) is 18.7 Å². The van der Waals surface area contributed by atoms with Crippen LogP contribution in [0, 0.1) is 6.92 Å². The van der Waals surface area contributed by atoms with Crippen LogP contribution in [0.1, 0.15) is 93.9 Å². The first-order chi connectivity index (χ1) is 17.1. The fourth-order valence-corrected chi connectivity index (χ4v) is 4.65. The van der Waals surface area contributed by atoms with Crippen LogP contribution in [0.25, 0.3) is 0 Å². The summed E-state index contributed by atoms with van der Waals surface area (Å²) in [7, 11) is 0. The molecule has 0 fully saturated rings. The van der Waals surface area contributed by atoms with Crippen LogP contribution in [-0.4, -0.2) is 11.7 Å². The molecule has 0 radical (unpaired) electrons. The zero-order valence-electron chi connectivity index (χ0n) is 22.8. The van der Waals surface area contributed by atoms with Gasteiger partial charge in [-0.2, -0.15) is 0 Å². The van der Waals surface area contributed by atoms with E-state index in [9.17, 15) is 5.11 Å². The number of unbranched alkanes of at least 4 members (excludes halogenated alkanes) is 2. The molecule has 0 saturated heterocycles. The number of hydrogen-bond acceptors (Lipinski definition) is 3. The fourth-order valence-electron chi connectivity index (χ4n) is 3.33. The standard InChI is InChI=1S/C14H12OS.C12H19N.C4H10.C2H6/c15-13-11-8-4-5-9-12(11)16-14(13)10-6-2-1-3-7-10;1-3-4-9-13-10-12-7-5-11(2)6-8-12;1-3-4-2;1-2/h1-9,13-15H;5-8,13H,3-4,9-10H2,1-2H3;3-4H2,1-2H3;1-2H3. The second-order valence-electron chi connectivity index (χ2n) is 8.45. The summed E-state index contributed by atoms with van der Waals surface area (Å²) in [6.45, 7) is 14.8. The molecule has 0 aliphatic carbocycles. The van der Waals surface area contributed by atoms with Gasteiger partial charge in [-0.3, -0.25) is 0 Å². The van der Waals surface area contributed by atoms with Gasteiger partial charge in [0.2, 0.25) is 0 Å². The molecule has 2 nitrogen and oxygen atoms in total. The number of rotatable bonds is 7. The monoisotopic (exact) mass is 493 g/mol. The third-order valence-corrected chi connectivity index (χ3v) is 6.97. The molecule has 2 unspecified atom stereocenters. The van der Waals surface area contributed by atoms with Gasteiger partial charge in [0.15, 0.2) is 0 Å². The highest BCUT2D eigenvalue weighted by Crippen LogP contribution is 2.52. The van der Waals surface area contributed by atoms with Crippen LogP contribution >= 0.6 is 11.8 Å². The maximum Gasteiger partial charge on any atom is 0.0963 e. The number of fused-ring (bicyclic) bond motifs is 1. The largest absolute Gasteiger partial charge is 0.387 e. The molecular weight excluding hydrogens is 446 g/mol. The number of aliphatic hydroxyl groups is 1. The van der Waals surface area contributed by atoms with E-state index in [2.05, 4.69) is 75.5 Å². The van der Waals surface area contributed by atoms with Crippen molar-refractivity contribution in [3.8, 4) is 0 Å². The van der Waals surface area contributed by atoms with Crippen molar-refractivity contribution in [3.05, 3.63) is 101 Å². The zero-order valence-corrected chi connectivity index (χ0v) is 23.6. The van der Waals surface area contributed by atoms with Gasteiger partial charge in [0.1, 0.15) is 0 Å². The van der Waals surface area contributed by atoms with E-state index < -0.39 is 0 Å². The summed E-state index contributed by atoms with van der Waals surface area (Å²) in [5.74, 6) is 0. The summed E-state index contributed by atoms with van der Waals surface area (Å²) in [6.07, 6.45) is 4.79. The van der Waals surface area contributed by atoms with Gasteiger partial charge in [0, 0.05) is 11.4 Å². The summed E-state index contributed by atoms with van der Waals surface area (Å²) in [6, 6.07) is 27.0. The predicted molar refractivity (Wildman–Crippen MR) is 156 cm³/mol. The second-order valence-corrected chi connectivity index (χ2v) is 9.63. The van der Waals surface area contributed by atoms with Crippen molar-refractivity contribution in [2.45, 2.75) is 90.0 Å². The van der Waals surface area contributed by atoms with Crippen LogP contribution in [0.5, 0.6) is 0 Å². The number of nitrogens with one attached hydrogen (secondary N) is 1. The van der Waals surface area contributed by atoms with Gasteiger partial charge in [-0.25, -0.2) is 0 Å². The van der Waals surface area contributed by atoms with Crippen molar-refractivity contribution in [1.82, 2.24) is 5.32 Å². The zero-order chi connectivity index (χ0) is 25.9. The van der Waals surface area contributed by atoms with Crippen LogP contribution in [0.2, 0.25) is 0 Å². The molecule has 0 aromatic heterocycles. The molecule has 2 atom stereocenters. The summed E-state index contributed by atoms with van der Waals surface area (Å²) in [5, 5.41) is 13.8. The summed E-state index contributed by atoms with van der Waals surface area (Å²) < 4.78 is 0. The van der Waals surface area contributed by atoms with E-state index in [1.165, 1.54) is 47.3 Å². The summed E-state index contributed by atoms with van der Waals surface area (Å²) >= 11 is 1.75. The van der Waals surface area contributed by atoms with Gasteiger partial charge >= 0.3 is 0 Å². The Kier molecular flexibility index (Phi) is 16.9. The number of thioether (sulfide) groups is 1.